The molecule has 3 fully saturated rings. The maximum atomic E-state index is 12.3. The van der Waals surface area contributed by atoms with E-state index in [1.807, 2.05) is 0 Å². The van der Waals surface area contributed by atoms with Gasteiger partial charge in [-0.1, -0.05) is 82.4 Å². The minimum atomic E-state index is -1.98. The smallest absolute Gasteiger partial charge is 0.220 e. The molecule has 12 N–H and O–H groups in total. The number of aliphatic hydroxyl groups is 11. The molecule has 0 aliphatic carbocycles. The van der Waals surface area contributed by atoms with Gasteiger partial charge in [0.05, 0.1) is 38.6 Å². The largest absolute Gasteiger partial charge is 0.394 e. The van der Waals surface area contributed by atoms with Crippen LogP contribution in [0.3, 0.4) is 0 Å². The van der Waals surface area contributed by atoms with E-state index in [0.717, 1.165) is 25.7 Å². The van der Waals surface area contributed by atoms with Gasteiger partial charge in [0.25, 0.3) is 0 Å². The maximum Gasteiger partial charge on any atom is 0.220 e. The molecule has 354 valence electrons. The van der Waals surface area contributed by atoms with Gasteiger partial charge in [0.2, 0.25) is 5.91 Å². The summed E-state index contributed by atoms with van der Waals surface area (Å²) in [5.74, 6) is -0.382. The Morgan fingerprint density at radius 3 is 1.57 bits per heavy atom. The first kappa shape index (κ1) is 53.3. The number of unbranched alkanes of at least 4 members (excludes halogenated alkanes) is 8. The van der Waals surface area contributed by atoms with Crippen LogP contribution in [0.25, 0.3) is 0 Å². The number of carbonyl (C=O) groups excluding carboxylic acids is 1. The molecule has 0 aromatic heterocycles. The third-order valence-electron chi connectivity index (χ3n) is 11.0. The first-order valence-electron chi connectivity index (χ1n) is 21.7. The van der Waals surface area contributed by atoms with Crippen molar-refractivity contribution in [3.05, 3.63) is 36.5 Å². The summed E-state index contributed by atoms with van der Waals surface area (Å²) in [6, 6.07) is -0.988. The molecule has 3 heterocycles. The number of hydrogen-bond donors (Lipinski definition) is 12. The monoisotopic (exact) mass is 879 g/mol. The molecule has 0 bridgehead atoms. The van der Waals surface area contributed by atoms with Crippen molar-refractivity contribution < 1.29 is 89.4 Å². The molecule has 17 atom stereocenters. The Hall–Kier alpha value is -1.99. The molecule has 3 aliphatic heterocycles. The molecule has 3 saturated heterocycles. The molecular weight excluding hydrogens is 806 g/mol. The topological polar surface area (TPSA) is 307 Å². The van der Waals surface area contributed by atoms with Crippen molar-refractivity contribution in [3.8, 4) is 0 Å². The molecule has 3 aliphatic rings. The second kappa shape index (κ2) is 28.7. The van der Waals surface area contributed by atoms with E-state index in [1.165, 1.54) is 44.6 Å². The summed E-state index contributed by atoms with van der Waals surface area (Å²) in [7, 11) is 0. The van der Waals surface area contributed by atoms with Crippen molar-refractivity contribution in [2.24, 2.45) is 0 Å². The van der Waals surface area contributed by atoms with E-state index in [1.54, 1.807) is 13.0 Å². The van der Waals surface area contributed by atoms with E-state index >= 15 is 0 Å². The number of allylic oxidation sites excluding steroid dienone is 5. The van der Waals surface area contributed by atoms with Crippen LogP contribution in [0.4, 0.5) is 0 Å². The molecular formula is C42H73NO18. The van der Waals surface area contributed by atoms with Crippen molar-refractivity contribution in [2.75, 3.05) is 26.4 Å². The van der Waals surface area contributed by atoms with Crippen LogP contribution in [0.5, 0.6) is 0 Å². The Morgan fingerprint density at radius 1 is 0.574 bits per heavy atom. The van der Waals surface area contributed by atoms with Crippen molar-refractivity contribution in [1.82, 2.24) is 5.32 Å². The van der Waals surface area contributed by atoms with E-state index in [-0.39, 0.29) is 18.9 Å². The zero-order valence-corrected chi connectivity index (χ0v) is 35.4. The molecule has 19 heteroatoms. The zero-order chi connectivity index (χ0) is 44.9. The highest BCUT2D eigenvalue weighted by Gasteiger charge is 2.53. The first-order chi connectivity index (χ1) is 29.3. The fourth-order valence-corrected chi connectivity index (χ4v) is 7.18. The minimum absolute atomic E-state index is 0.111. The van der Waals surface area contributed by atoms with Crippen LogP contribution >= 0.6 is 0 Å². The minimum Gasteiger partial charge on any atom is -0.394 e. The number of amides is 1. The average molecular weight is 880 g/mol. The molecule has 0 saturated carbocycles. The van der Waals surface area contributed by atoms with Gasteiger partial charge in [-0.25, -0.2) is 0 Å². The SMILES string of the molecule is CCCCCCCC/C=C/CC/C=C/CC/C=C/C(O)C(COC1OC(CO)C(OC2OC(CO)C(OC3OC(CO)C(O)C(O)C3O)C(O)C2O)C(O)C1O)NC(=O)CC. The van der Waals surface area contributed by atoms with Gasteiger partial charge in [-0.2, -0.15) is 0 Å². The zero-order valence-electron chi connectivity index (χ0n) is 35.4. The first-order valence-corrected chi connectivity index (χ1v) is 21.7. The average Bonchev–Trinajstić information content (AvgIpc) is 3.26. The van der Waals surface area contributed by atoms with Crippen molar-refractivity contribution in [1.29, 1.82) is 0 Å². The van der Waals surface area contributed by atoms with Crippen LogP contribution in [-0.2, 0) is 33.2 Å². The van der Waals surface area contributed by atoms with Crippen LogP contribution in [-0.4, -0.2) is 193 Å². The van der Waals surface area contributed by atoms with Gasteiger partial charge >= 0.3 is 0 Å². The van der Waals surface area contributed by atoms with E-state index in [4.69, 9.17) is 28.4 Å². The number of nitrogens with one attached hydrogen (secondary N) is 1. The van der Waals surface area contributed by atoms with Crippen molar-refractivity contribution in [3.63, 3.8) is 0 Å². The van der Waals surface area contributed by atoms with Gasteiger partial charge in [0.15, 0.2) is 18.9 Å². The second-order valence-corrected chi connectivity index (χ2v) is 15.7. The Morgan fingerprint density at radius 2 is 1.03 bits per heavy atom. The Bertz CT molecular complexity index is 1290. The fourth-order valence-electron chi connectivity index (χ4n) is 7.18. The summed E-state index contributed by atoms with van der Waals surface area (Å²) in [4.78, 5) is 12.3. The standard InChI is InChI=1S/C42H73NO18/c1-3-5-6-7-8-9-10-11-12-13-14-15-16-17-18-19-20-26(47)25(43-30(48)4-2)24-56-40-36(54)33(51)38(28(22-45)58-40)61-42-37(55)34(52)39(29(23-46)59-42)60-41-35(53)32(50)31(49)27(21-44)57-41/h11-12,15-16,19-20,25-29,31-42,44-47,49-55H,3-10,13-14,17-18,21-24H2,1-2H3,(H,43,48)/b12-11+,16-15+,20-19+. The van der Waals surface area contributed by atoms with E-state index in [0.29, 0.717) is 6.42 Å². The van der Waals surface area contributed by atoms with E-state index in [9.17, 15) is 61.0 Å². The Labute approximate surface area is 358 Å². The summed E-state index contributed by atoms with van der Waals surface area (Å²) in [5, 5.41) is 118. The summed E-state index contributed by atoms with van der Waals surface area (Å²) >= 11 is 0. The number of aliphatic hydroxyl groups excluding tert-OH is 11. The normalized spacial score (nSPS) is 35.9. The van der Waals surface area contributed by atoms with Gasteiger partial charge < -0.3 is 89.9 Å². The number of ether oxygens (including phenoxy) is 6. The molecule has 0 spiro atoms. The number of rotatable bonds is 27. The predicted molar refractivity (Wildman–Crippen MR) is 217 cm³/mol. The summed E-state index contributed by atoms with van der Waals surface area (Å²) in [6.07, 6.45) is -2.64. The van der Waals surface area contributed by atoms with E-state index < -0.39 is 124 Å². The van der Waals surface area contributed by atoms with Gasteiger partial charge in [-0.15, -0.1) is 0 Å². The molecule has 0 aromatic rings. The van der Waals surface area contributed by atoms with Crippen LogP contribution in [0, 0.1) is 0 Å². The lowest BCUT2D eigenvalue weighted by Gasteiger charge is -2.48. The second-order valence-electron chi connectivity index (χ2n) is 15.7. The third-order valence-corrected chi connectivity index (χ3v) is 11.0. The predicted octanol–water partition coefficient (Wildman–Crippen LogP) is -1.31. The molecule has 0 radical (unpaired) electrons. The lowest BCUT2D eigenvalue weighted by atomic mass is 9.96. The third kappa shape index (κ3) is 16.5. The van der Waals surface area contributed by atoms with Crippen molar-refractivity contribution in [2.45, 2.75) is 195 Å². The summed E-state index contributed by atoms with van der Waals surface area (Å²) in [5.41, 5.74) is 0. The lowest BCUT2D eigenvalue weighted by molar-refractivity contribution is -0.379. The Kier molecular flexibility index (Phi) is 25.1. The summed E-state index contributed by atoms with van der Waals surface area (Å²) < 4.78 is 33.6. The molecule has 61 heavy (non-hydrogen) atoms. The van der Waals surface area contributed by atoms with Gasteiger partial charge in [0.1, 0.15) is 73.2 Å². The van der Waals surface area contributed by atoms with Crippen LogP contribution in [0.15, 0.2) is 36.5 Å². The van der Waals surface area contributed by atoms with E-state index in [2.05, 4.69) is 36.5 Å². The van der Waals surface area contributed by atoms with Gasteiger partial charge in [-0.3, -0.25) is 4.79 Å². The summed E-state index contributed by atoms with van der Waals surface area (Å²) in [6.45, 7) is 1.04. The molecule has 19 nitrogen and oxygen atoms in total. The van der Waals surface area contributed by atoms with Crippen molar-refractivity contribution >= 4 is 5.91 Å². The van der Waals surface area contributed by atoms with Crippen LogP contribution in [0.2, 0.25) is 0 Å². The number of hydrogen-bond acceptors (Lipinski definition) is 18. The molecule has 0 aromatic carbocycles. The quantitative estimate of drug-likeness (QED) is 0.0337. The van der Waals surface area contributed by atoms with Crippen LogP contribution in [0.1, 0.15) is 90.9 Å². The molecule has 17 unspecified atom stereocenters. The molecule has 1 amide bonds. The highest BCUT2D eigenvalue weighted by molar-refractivity contribution is 5.75. The highest BCUT2D eigenvalue weighted by Crippen LogP contribution is 2.32. The number of carbonyl (C=O) groups is 1. The Balaban J connectivity index is 1.51. The van der Waals surface area contributed by atoms with Gasteiger partial charge in [0, 0.05) is 6.42 Å². The van der Waals surface area contributed by atoms with Gasteiger partial charge in [-0.05, 0) is 38.5 Å². The van der Waals surface area contributed by atoms with Crippen LogP contribution < -0.4 is 5.32 Å². The highest BCUT2D eigenvalue weighted by atomic mass is 16.8. The lowest BCUT2D eigenvalue weighted by Crippen LogP contribution is -2.66. The molecule has 3 rings (SSSR count). The maximum absolute atomic E-state index is 12.3. The fraction of sp³-hybridized carbons (Fsp3) is 0.833.